The number of amides is 1. The van der Waals surface area contributed by atoms with Crippen molar-refractivity contribution in [3.05, 3.63) is 53.8 Å². The number of alkyl halides is 3. The minimum absolute atomic E-state index is 0.0202. The van der Waals surface area contributed by atoms with Gasteiger partial charge in [0.25, 0.3) is 0 Å². The monoisotopic (exact) mass is 299 g/mol. The van der Waals surface area contributed by atoms with Crippen LogP contribution in [0.1, 0.15) is 10.4 Å². The second-order valence-electron chi connectivity index (χ2n) is 4.10. The lowest BCUT2D eigenvalue weighted by Crippen LogP contribution is -2.17. The molecule has 0 aliphatic heterocycles. The van der Waals surface area contributed by atoms with Crippen LogP contribution in [0.4, 0.5) is 17.6 Å². The molecule has 110 valence electrons. The summed E-state index contributed by atoms with van der Waals surface area (Å²) >= 11 is 0. The molecule has 0 spiro atoms. The van der Waals surface area contributed by atoms with E-state index in [1.165, 1.54) is 18.2 Å². The van der Waals surface area contributed by atoms with Crippen LogP contribution in [0.3, 0.4) is 0 Å². The van der Waals surface area contributed by atoms with Gasteiger partial charge in [-0.1, -0.05) is 18.2 Å². The van der Waals surface area contributed by atoms with Gasteiger partial charge in [0.15, 0.2) is 0 Å². The van der Waals surface area contributed by atoms with Gasteiger partial charge in [0.2, 0.25) is 5.91 Å². The molecule has 0 aliphatic rings. The average Bonchev–Trinajstić information content (AvgIpc) is 2.38. The molecule has 21 heavy (non-hydrogen) atoms. The summed E-state index contributed by atoms with van der Waals surface area (Å²) in [4.78, 5) is 11.1. The van der Waals surface area contributed by atoms with Gasteiger partial charge in [-0.05, 0) is 24.3 Å². The van der Waals surface area contributed by atoms with Gasteiger partial charge < -0.3 is 10.5 Å². The predicted octanol–water partition coefficient (Wildman–Crippen LogP) is 3.49. The van der Waals surface area contributed by atoms with Gasteiger partial charge in [-0.15, -0.1) is 13.2 Å². The zero-order chi connectivity index (χ0) is 15.6. The fourth-order valence-corrected chi connectivity index (χ4v) is 1.79. The number of carbonyl (C=O) groups excluding carboxylic acids is 1. The topological polar surface area (TPSA) is 52.3 Å². The van der Waals surface area contributed by atoms with Crippen molar-refractivity contribution in [2.24, 2.45) is 5.73 Å². The van der Waals surface area contributed by atoms with E-state index in [1.54, 1.807) is 0 Å². The Morgan fingerprint density at radius 3 is 2.33 bits per heavy atom. The molecule has 0 bridgehead atoms. The molecule has 1 amide bonds. The Morgan fingerprint density at radius 1 is 1.05 bits per heavy atom. The lowest BCUT2D eigenvalue weighted by atomic mass is 10.0. The summed E-state index contributed by atoms with van der Waals surface area (Å²) in [5.41, 5.74) is 4.73. The van der Waals surface area contributed by atoms with Crippen molar-refractivity contribution < 1.29 is 27.1 Å². The molecular formula is C14H9F4NO2. The molecule has 2 aromatic carbocycles. The summed E-state index contributed by atoms with van der Waals surface area (Å²) in [6.07, 6.45) is -4.91. The molecule has 0 atom stereocenters. The zero-order valence-electron chi connectivity index (χ0n) is 10.4. The van der Waals surface area contributed by atoms with Crippen molar-refractivity contribution in [2.75, 3.05) is 0 Å². The molecule has 0 heterocycles. The van der Waals surface area contributed by atoms with Crippen LogP contribution < -0.4 is 10.5 Å². The molecule has 7 heteroatoms. The Labute approximate surface area is 116 Å². The summed E-state index contributed by atoms with van der Waals surface area (Å²) in [5, 5.41) is 0. The first kappa shape index (κ1) is 14.8. The summed E-state index contributed by atoms with van der Waals surface area (Å²) in [6, 6.07) is 8.24. The average molecular weight is 299 g/mol. The van der Waals surface area contributed by atoms with Crippen LogP contribution in [-0.2, 0) is 0 Å². The third kappa shape index (κ3) is 3.50. The predicted molar refractivity (Wildman–Crippen MR) is 67.0 cm³/mol. The summed E-state index contributed by atoms with van der Waals surface area (Å²) in [6.45, 7) is 0. The number of ether oxygens (including phenoxy) is 1. The number of hydrogen-bond donors (Lipinski definition) is 1. The number of rotatable bonds is 3. The number of para-hydroxylation sites is 1. The normalized spacial score (nSPS) is 11.2. The van der Waals surface area contributed by atoms with Crippen molar-refractivity contribution in [3.63, 3.8) is 0 Å². The van der Waals surface area contributed by atoms with E-state index in [2.05, 4.69) is 4.74 Å². The second-order valence-corrected chi connectivity index (χ2v) is 4.10. The summed E-state index contributed by atoms with van der Waals surface area (Å²) in [5.74, 6) is -2.17. The SMILES string of the molecule is NC(=O)c1ccc(F)c(-c2ccccc2OC(F)(F)F)c1. The number of carbonyl (C=O) groups is 1. The highest BCUT2D eigenvalue weighted by Gasteiger charge is 2.32. The standard InChI is InChI=1S/C14H9F4NO2/c15-11-6-5-8(13(19)20)7-10(11)9-3-1-2-4-12(9)21-14(16,17)18/h1-7H,(H2,19,20). The van der Waals surface area contributed by atoms with Gasteiger partial charge in [-0.25, -0.2) is 4.39 Å². The molecule has 2 N–H and O–H groups in total. The molecule has 0 saturated carbocycles. The third-order valence-corrected chi connectivity index (χ3v) is 2.65. The van der Waals surface area contributed by atoms with E-state index in [0.29, 0.717) is 0 Å². The van der Waals surface area contributed by atoms with E-state index in [-0.39, 0.29) is 16.7 Å². The number of primary amides is 1. The molecule has 0 unspecified atom stereocenters. The lowest BCUT2D eigenvalue weighted by molar-refractivity contribution is -0.274. The van der Waals surface area contributed by atoms with Gasteiger partial charge in [0.05, 0.1) is 0 Å². The van der Waals surface area contributed by atoms with E-state index >= 15 is 0 Å². The number of halogens is 4. The van der Waals surface area contributed by atoms with Crippen LogP contribution in [0.25, 0.3) is 11.1 Å². The van der Waals surface area contributed by atoms with E-state index in [9.17, 15) is 22.4 Å². The first-order chi connectivity index (χ1) is 9.78. The Balaban J connectivity index is 2.56. The van der Waals surface area contributed by atoms with E-state index in [4.69, 9.17) is 5.73 Å². The van der Waals surface area contributed by atoms with Crippen LogP contribution in [0, 0.1) is 5.82 Å². The highest BCUT2D eigenvalue weighted by molar-refractivity contribution is 5.94. The van der Waals surface area contributed by atoms with E-state index in [1.807, 2.05) is 0 Å². The van der Waals surface area contributed by atoms with E-state index < -0.39 is 23.8 Å². The van der Waals surface area contributed by atoms with Crippen molar-refractivity contribution in [3.8, 4) is 16.9 Å². The van der Waals surface area contributed by atoms with Gasteiger partial charge in [0, 0.05) is 16.7 Å². The highest BCUT2D eigenvalue weighted by Crippen LogP contribution is 2.35. The molecule has 2 aromatic rings. The fourth-order valence-electron chi connectivity index (χ4n) is 1.79. The van der Waals surface area contributed by atoms with Crippen molar-refractivity contribution in [2.45, 2.75) is 6.36 Å². The van der Waals surface area contributed by atoms with Gasteiger partial charge >= 0.3 is 6.36 Å². The van der Waals surface area contributed by atoms with Gasteiger partial charge in [0.1, 0.15) is 11.6 Å². The third-order valence-electron chi connectivity index (χ3n) is 2.65. The Morgan fingerprint density at radius 2 is 1.71 bits per heavy atom. The zero-order valence-corrected chi connectivity index (χ0v) is 10.4. The first-order valence-electron chi connectivity index (χ1n) is 5.72. The van der Waals surface area contributed by atoms with Crippen LogP contribution >= 0.6 is 0 Å². The molecule has 0 fully saturated rings. The molecule has 0 saturated heterocycles. The largest absolute Gasteiger partial charge is 0.573 e. The number of nitrogens with two attached hydrogens (primary N) is 1. The lowest BCUT2D eigenvalue weighted by Gasteiger charge is -2.14. The van der Waals surface area contributed by atoms with Crippen LogP contribution in [-0.4, -0.2) is 12.3 Å². The van der Waals surface area contributed by atoms with Gasteiger partial charge in [-0.2, -0.15) is 0 Å². The fraction of sp³-hybridized carbons (Fsp3) is 0.0714. The maximum absolute atomic E-state index is 13.8. The van der Waals surface area contributed by atoms with E-state index in [0.717, 1.165) is 24.3 Å². The molecular weight excluding hydrogens is 290 g/mol. The summed E-state index contributed by atoms with van der Waals surface area (Å²) < 4.78 is 54.8. The molecule has 2 rings (SSSR count). The molecule has 0 aliphatic carbocycles. The second kappa shape index (κ2) is 5.43. The van der Waals surface area contributed by atoms with Crippen LogP contribution in [0.15, 0.2) is 42.5 Å². The Kier molecular flexibility index (Phi) is 3.84. The van der Waals surface area contributed by atoms with Crippen molar-refractivity contribution in [1.29, 1.82) is 0 Å². The van der Waals surface area contributed by atoms with Crippen LogP contribution in [0.2, 0.25) is 0 Å². The molecule has 0 aromatic heterocycles. The molecule has 0 radical (unpaired) electrons. The molecule has 3 nitrogen and oxygen atoms in total. The first-order valence-corrected chi connectivity index (χ1v) is 5.72. The minimum Gasteiger partial charge on any atom is -0.405 e. The smallest absolute Gasteiger partial charge is 0.405 e. The number of benzene rings is 2. The van der Waals surface area contributed by atoms with Gasteiger partial charge in [-0.3, -0.25) is 4.79 Å². The van der Waals surface area contributed by atoms with Crippen molar-refractivity contribution in [1.82, 2.24) is 0 Å². The summed E-state index contributed by atoms with van der Waals surface area (Å²) in [7, 11) is 0. The van der Waals surface area contributed by atoms with Crippen molar-refractivity contribution >= 4 is 5.91 Å². The maximum Gasteiger partial charge on any atom is 0.573 e. The number of hydrogen-bond acceptors (Lipinski definition) is 2. The quantitative estimate of drug-likeness (QED) is 0.882. The highest BCUT2D eigenvalue weighted by atomic mass is 19.4. The minimum atomic E-state index is -4.91. The van der Waals surface area contributed by atoms with Crippen LogP contribution in [0.5, 0.6) is 5.75 Å². The Hall–Kier alpha value is -2.57. The maximum atomic E-state index is 13.8. The Bertz CT molecular complexity index is 683.